The number of hydrogen-bond donors (Lipinski definition) is 0. The summed E-state index contributed by atoms with van der Waals surface area (Å²) in [6, 6.07) is 2.12. The second-order valence-corrected chi connectivity index (χ2v) is 4.92. The minimum absolute atomic E-state index is 0.0285. The van der Waals surface area contributed by atoms with Crippen molar-refractivity contribution in [1.82, 2.24) is 19.7 Å². The fraction of sp³-hybridized carbons (Fsp3) is 0.462. The standard InChI is InChI=1S/C13H18N4O/c1-8(2)17-12-10(7-14-17)6-11(9(3)15-12)13(18)16(4)5/h6-8H,1-5H3. The van der Waals surface area contributed by atoms with Gasteiger partial charge in [0.1, 0.15) is 0 Å². The average molecular weight is 246 g/mol. The Morgan fingerprint density at radius 2 is 2.06 bits per heavy atom. The number of aryl methyl sites for hydroxylation is 1. The van der Waals surface area contributed by atoms with Crippen LogP contribution in [0.25, 0.3) is 11.0 Å². The molecule has 0 radical (unpaired) electrons. The molecular weight excluding hydrogens is 228 g/mol. The Bertz CT molecular complexity index is 598. The molecule has 0 atom stereocenters. The summed E-state index contributed by atoms with van der Waals surface area (Å²) >= 11 is 0. The maximum atomic E-state index is 12.0. The molecule has 0 unspecified atom stereocenters. The Labute approximate surface area is 106 Å². The number of nitrogens with zero attached hydrogens (tertiary/aromatic N) is 4. The van der Waals surface area contributed by atoms with Gasteiger partial charge < -0.3 is 4.90 Å². The van der Waals surface area contributed by atoms with Crippen LogP contribution in [0, 0.1) is 6.92 Å². The minimum Gasteiger partial charge on any atom is -0.345 e. The van der Waals surface area contributed by atoms with Gasteiger partial charge in [0.25, 0.3) is 5.91 Å². The normalized spacial score (nSPS) is 11.2. The molecule has 0 aromatic carbocycles. The van der Waals surface area contributed by atoms with Crippen LogP contribution in [0.1, 0.15) is 35.9 Å². The van der Waals surface area contributed by atoms with E-state index in [-0.39, 0.29) is 11.9 Å². The van der Waals surface area contributed by atoms with E-state index in [9.17, 15) is 4.79 Å². The van der Waals surface area contributed by atoms with Gasteiger partial charge in [-0.25, -0.2) is 9.67 Å². The smallest absolute Gasteiger partial charge is 0.255 e. The van der Waals surface area contributed by atoms with Crippen LogP contribution in [-0.2, 0) is 0 Å². The molecule has 2 rings (SSSR count). The van der Waals surface area contributed by atoms with Crippen LogP contribution < -0.4 is 0 Å². The molecule has 0 aliphatic heterocycles. The van der Waals surface area contributed by atoms with E-state index in [1.165, 1.54) is 0 Å². The van der Waals surface area contributed by atoms with Crippen molar-refractivity contribution in [3.63, 3.8) is 0 Å². The Kier molecular flexibility index (Phi) is 3.07. The highest BCUT2D eigenvalue weighted by atomic mass is 16.2. The Morgan fingerprint density at radius 1 is 1.39 bits per heavy atom. The predicted molar refractivity (Wildman–Crippen MR) is 70.7 cm³/mol. The summed E-state index contributed by atoms with van der Waals surface area (Å²) in [7, 11) is 3.48. The lowest BCUT2D eigenvalue weighted by Crippen LogP contribution is -2.23. The topological polar surface area (TPSA) is 51.0 Å². The fourth-order valence-corrected chi connectivity index (χ4v) is 1.90. The predicted octanol–water partition coefficient (Wildman–Crippen LogP) is 2.02. The van der Waals surface area contributed by atoms with Crippen molar-refractivity contribution in [3.8, 4) is 0 Å². The summed E-state index contributed by atoms with van der Waals surface area (Å²) in [6.45, 7) is 5.97. The average Bonchev–Trinajstić information content (AvgIpc) is 2.69. The number of carbonyl (C=O) groups excluding carboxylic acids is 1. The molecule has 0 saturated carbocycles. The quantitative estimate of drug-likeness (QED) is 0.814. The van der Waals surface area contributed by atoms with E-state index >= 15 is 0 Å². The molecule has 5 nitrogen and oxygen atoms in total. The van der Waals surface area contributed by atoms with Gasteiger partial charge >= 0.3 is 0 Å². The third-order valence-electron chi connectivity index (χ3n) is 2.89. The van der Waals surface area contributed by atoms with Crippen LogP contribution in [-0.4, -0.2) is 39.7 Å². The zero-order chi connectivity index (χ0) is 13.4. The first kappa shape index (κ1) is 12.5. The maximum Gasteiger partial charge on any atom is 0.255 e. The van der Waals surface area contributed by atoms with Gasteiger partial charge in [-0.05, 0) is 26.8 Å². The van der Waals surface area contributed by atoms with E-state index < -0.39 is 0 Å². The van der Waals surface area contributed by atoms with Gasteiger partial charge in [-0.15, -0.1) is 0 Å². The number of rotatable bonds is 2. The monoisotopic (exact) mass is 246 g/mol. The molecule has 5 heteroatoms. The second-order valence-electron chi connectivity index (χ2n) is 4.92. The number of aromatic nitrogens is 3. The van der Waals surface area contributed by atoms with Crippen molar-refractivity contribution in [2.24, 2.45) is 0 Å². The molecule has 0 spiro atoms. The number of amides is 1. The van der Waals surface area contributed by atoms with Gasteiger partial charge in [-0.2, -0.15) is 5.10 Å². The van der Waals surface area contributed by atoms with Crippen LogP contribution in [0.15, 0.2) is 12.3 Å². The van der Waals surface area contributed by atoms with Crippen LogP contribution in [0.4, 0.5) is 0 Å². The number of hydrogen-bond acceptors (Lipinski definition) is 3. The molecular formula is C13H18N4O. The van der Waals surface area contributed by atoms with Crippen molar-refractivity contribution < 1.29 is 4.79 Å². The van der Waals surface area contributed by atoms with E-state index in [0.29, 0.717) is 5.56 Å². The first-order valence-electron chi connectivity index (χ1n) is 5.98. The minimum atomic E-state index is -0.0285. The SMILES string of the molecule is Cc1nc2c(cnn2C(C)C)cc1C(=O)N(C)C. The van der Waals surface area contributed by atoms with Crippen LogP contribution in [0.3, 0.4) is 0 Å². The van der Waals surface area contributed by atoms with Crippen LogP contribution >= 0.6 is 0 Å². The molecule has 0 aliphatic rings. The van der Waals surface area contributed by atoms with Crippen LogP contribution in [0.5, 0.6) is 0 Å². The van der Waals surface area contributed by atoms with Crippen molar-refractivity contribution in [3.05, 3.63) is 23.5 Å². The summed E-state index contributed by atoms with van der Waals surface area (Å²) in [6.07, 6.45) is 1.76. The highest BCUT2D eigenvalue weighted by molar-refractivity contribution is 5.97. The Morgan fingerprint density at radius 3 is 2.61 bits per heavy atom. The fourth-order valence-electron chi connectivity index (χ4n) is 1.90. The largest absolute Gasteiger partial charge is 0.345 e. The number of fused-ring (bicyclic) bond motifs is 1. The Hall–Kier alpha value is -1.91. The highest BCUT2D eigenvalue weighted by Gasteiger charge is 2.16. The zero-order valence-electron chi connectivity index (χ0n) is 11.4. The molecule has 96 valence electrons. The molecule has 2 heterocycles. The molecule has 0 saturated heterocycles. The zero-order valence-corrected chi connectivity index (χ0v) is 11.4. The van der Waals surface area contributed by atoms with E-state index in [2.05, 4.69) is 23.9 Å². The summed E-state index contributed by atoms with van der Waals surface area (Å²) in [5, 5.41) is 5.21. The van der Waals surface area contributed by atoms with E-state index in [1.54, 1.807) is 25.2 Å². The third kappa shape index (κ3) is 1.96. The van der Waals surface area contributed by atoms with Crippen molar-refractivity contribution in [2.45, 2.75) is 26.8 Å². The molecule has 2 aromatic rings. The van der Waals surface area contributed by atoms with E-state index in [0.717, 1.165) is 16.7 Å². The highest BCUT2D eigenvalue weighted by Crippen LogP contribution is 2.19. The lowest BCUT2D eigenvalue weighted by atomic mass is 10.1. The summed E-state index contributed by atoms with van der Waals surface area (Å²) in [4.78, 5) is 18.1. The second kappa shape index (κ2) is 4.40. The third-order valence-corrected chi connectivity index (χ3v) is 2.89. The number of carbonyl (C=O) groups is 1. The van der Waals surface area contributed by atoms with Crippen molar-refractivity contribution in [2.75, 3.05) is 14.1 Å². The van der Waals surface area contributed by atoms with Gasteiger partial charge in [-0.1, -0.05) is 0 Å². The van der Waals surface area contributed by atoms with Crippen LogP contribution in [0.2, 0.25) is 0 Å². The summed E-state index contributed by atoms with van der Waals surface area (Å²) in [5.41, 5.74) is 2.21. The Balaban J connectivity index is 2.61. The maximum absolute atomic E-state index is 12.0. The molecule has 18 heavy (non-hydrogen) atoms. The summed E-state index contributed by atoms with van der Waals surface area (Å²) < 4.78 is 1.87. The molecule has 0 N–H and O–H groups in total. The van der Waals surface area contributed by atoms with Crippen molar-refractivity contribution in [1.29, 1.82) is 0 Å². The molecule has 0 fully saturated rings. The molecule has 0 aliphatic carbocycles. The number of pyridine rings is 1. The lowest BCUT2D eigenvalue weighted by molar-refractivity contribution is 0.0826. The first-order chi connectivity index (χ1) is 8.41. The first-order valence-corrected chi connectivity index (χ1v) is 5.98. The van der Waals surface area contributed by atoms with E-state index in [4.69, 9.17) is 0 Å². The van der Waals surface area contributed by atoms with Gasteiger partial charge in [0.2, 0.25) is 0 Å². The van der Waals surface area contributed by atoms with Crippen molar-refractivity contribution >= 4 is 16.9 Å². The van der Waals surface area contributed by atoms with Gasteiger partial charge in [-0.3, -0.25) is 4.79 Å². The lowest BCUT2D eigenvalue weighted by Gasteiger charge is -2.12. The van der Waals surface area contributed by atoms with Gasteiger partial charge in [0.15, 0.2) is 5.65 Å². The van der Waals surface area contributed by atoms with E-state index in [1.807, 2.05) is 17.7 Å². The molecule has 1 amide bonds. The van der Waals surface area contributed by atoms with Gasteiger partial charge in [0.05, 0.1) is 17.5 Å². The molecule has 2 aromatic heterocycles. The van der Waals surface area contributed by atoms with Gasteiger partial charge in [0, 0.05) is 25.5 Å². The summed E-state index contributed by atoms with van der Waals surface area (Å²) in [5.74, 6) is -0.0285. The molecule has 0 bridgehead atoms.